The number of nitrogens with zero attached hydrogens (tertiary/aromatic N) is 2. The van der Waals surface area contributed by atoms with Crippen molar-refractivity contribution in [1.29, 1.82) is 0 Å². The first kappa shape index (κ1) is 11.9. The molecule has 16 heavy (non-hydrogen) atoms. The summed E-state index contributed by atoms with van der Waals surface area (Å²) in [6.45, 7) is 1.57. The fraction of sp³-hybridized carbons (Fsp3) is 0.583. The van der Waals surface area contributed by atoms with Gasteiger partial charge in [-0.15, -0.1) is 0 Å². The highest BCUT2D eigenvalue weighted by Gasteiger charge is 2.24. The lowest BCUT2D eigenvalue weighted by molar-refractivity contribution is 0.601. The van der Waals surface area contributed by atoms with Crippen LogP contribution < -0.4 is 10.6 Å². The fourth-order valence-electron chi connectivity index (χ4n) is 2.41. The van der Waals surface area contributed by atoms with E-state index in [2.05, 4.69) is 25.8 Å². The molecule has 0 bridgehead atoms. The van der Waals surface area contributed by atoms with Crippen LogP contribution in [0.15, 0.2) is 22.8 Å². The van der Waals surface area contributed by atoms with E-state index in [4.69, 9.17) is 5.73 Å². The van der Waals surface area contributed by atoms with Gasteiger partial charge < -0.3 is 10.6 Å². The number of aromatic nitrogens is 1. The lowest BCUT2D eigenvalue weighted by atomic mass is 10.2. The number of pyridine rings is 1. The van der Waals surface area contributed by atoms with Crippen LogP contribution in [0.4, 0.5) is 5.82 Å². The molecule has 2 N–H and O–H groups in total. The fourth-order valence-corrected chi connectivity index (χ4v) is 2.89. The number of anilines is 1. The molecule has 0 amide bonds. The predicted molar refractivity (Wildman–Crippen MR) is 70.6 cm³/mol. The van der Waals surface area contributed by atoms with Crippen LogP contribution in [-0.2, 0) is 0 Å². The molecule has 1 heterocycles. The lowest BCUT2D eigenvalue weighted by Crippen LogP contribution is -2.38. The van der Waals surface area contributed by atoms with E-state index >= 15 is 0 Å². The number of rotatable bonds is 4. The van der Waals surface area contributed by atoms with Crippen LogP contribution in [0.2, 0.25) is 0 Å². The van der Waals surface area contributed by atoms with Gasteiger partial charge in [-0.1, -0.05) is 12.8 Å². The van der Waals surface area contributed by atoms with Crippen LogP contribution >= 0.6 is 15.9 Å². The Hall–Kier alpha value is -0.610. The molecular formula is C12H18BrN3. The molecule has 0 aromatic carbocycles. The summed E-state index contributed by atoms with van der Waals surface area (Å²) in [7, 11) is 0. The third-order valence-corrected chi connectivity index (χ3v) is 3.77. The SMILES string of the molecule is NCCN(c1ncccc1Br)C1CCCC1. The molecule has 0 radical (unpaired) electrons. The van der Waals surface area contributed by atoms with E-state index in [1.165, 1.54) is 25.7 Å². The summed E-state index contributed by atoms with van der Waals surface area (Å²) in [5, 5.41) is 0. The molecule has 1 saturated carbocycles. The van der Waals surface area contributed by atoms with Crippen LogP contribution in [0.3, 0.4) is 0 Å². The van der Waals surface area contributed by atoms with Crippen molar-refractivity contribution < 1.29 is 0 Å². The molecule has 1 aromatic heterocycles. The Labute approximate surface area is 105 Å². The molecule has 3 nitrogen and oxygen atoms in total. The van der Waals surface area contributed by atoms with Crippen LogP contribution in [0.1, 0.15) is 25.7 Å². The maximum Gasteiger partial charge on any atom is 0.143 e. The predicted octanol–water partition coefficient (Wildman–Crippen LogP) is 2.55. The van der Waals surface area contributed by atoms with Crippen molar-refractivity contribution in [3.05, 3.63) is 22.8 Å². The van der Waals surface area contributed by atoms with E-state index in [1.54, 1.807) is 0 Å². The van der Waals surface area contributed by atoms with Gasteiger partial charge in [0.15, 0.2) is 0 Å². The minimum absolute atomic E-state index is 0.620. The van der Waals surface area contributed by atoms with Gasteiger partial charge in [0.2, 0.25) is 0 Å². The molecule has 0 unspecified atom stereocenters. The average molecular weight is 284 g/mol. The number of halogens is 1. The van der Waals surface area contributed by atoms with E-state index in [0.717, 1.165) is 16.8 Å². The molecule has 1 aliphatic carbocycles. The Morgan fingerprint density at radius 3 is 2.81 bits per heavy atom. The standard InChI is InChI=1S/C12H18BrN3/c13-11-6-3-8-15-12(11)16(9-7-14)10-4-1-2-5-10/h3,6,8,10H,1-2,4-5,7,9,14H2. The summed E-state index contributed by atoms with van der Waals surface area (Å²) < 4.78 is 1.07. The van der Waals surface area contributed by atoms with E-state index in [9.17, 15) is 0 Å². The molecule has 0 atom stereocenters. The van der Waals surface area contributed by atoms with Gasteiger partial charge in [0.1, 0.15) is 5.82 Å². The van der Waals surface area contributed by atoms with Crippen molar-refractivity contribution in [3.8, 4) is 0 Å². The highest BCUT2D eigenvalue weighted by Crippen LogP contribution is 2.30. The first-order valence-electron chi connectivity index (χ1n) is 5.90. The van der Waals surface area contributed by atoms with Gasteiger partial charge in [0.05, 0.1) is 4.47 Å². The average Bonchev–Trinajstić information content (AvgIpc) is 2.80. The maximum absolute atomic E-state index is 5.70. The number of nitrogens with two attached hydrogens (primary N) is 1. The van der Waals surface area contributed by atoms with Gasteiger partial charge in [-0.25, -0.2) is 4.98 Å². The summed E-state index contributed by atoms with van der Waals surface area (Å²) >= 11 is 3.57. The largest absolute Gasteiger partial charge is 0.351 e. The van der Waals surface area contributed by atoms with Crippen molar-refractivity contribution in [2.75, 3.05) is 18.0 Å². The zero-order valence-corrected chi connectivity index (χ0v) is 11.0. The Morgan fingerprint density at radius 2 is 2.19 bits per heavy atom. The van der Waals surface area contributed by atoms with Crippen molar-refractivity contribution in [2.45, 2.75) is 31.7 Å². The minimum Gasteiger partial charge on any atom is -0.351 e. The van der Waals surface area contributed by atoms with Crippen molar-refractivity contribution in [1.82, 2.24) is 4.98 Å². The molecule has 0 spiro atoms. The zero-order valence-electron chi connectivity index (χ0n) is 9.40. The van der Waals surface area contributed by atoms with Crippen LogP contribution in [0.5, 0.6) is 0 Å². The second-order valence-corrected chi connectivity index (χ2v) is 5.08. The van der Waals surface area contributed by atoms with Gasteiger partial charge in [-0.3, -0.25) is 0 Å². The molecule has 0 aliphatic heterocycles. The number of hydrogen-bond acceptors (Lipinski definition) is 3. The second kappa shape index (κ2) is 5.64. The Balaban J connectivity index is 2.21. The summed E-state index contributed by atoms with van der Waals surface area (Å²) in [6, 6.07) is 4.61. The molecule has 1 aromatic rings. The first-order valence-corrected chi connectivity index (χ1v) is 6.69. The van der Waals surface area contributed by atoms with Gasteiger partial charge >= 0.3 is 0 Å². The quantitative estimate of drug-likeness (QED) is 0.924. The first-order chi connectivity index (χ1) is 7.83. The molecule has 2 rings (SSSR count). The smallest absolute Gasteiger partial charge is 0.143 e. The summed E-state index contributed by atoms with van der Waals surface area (Å²) in [5.74, 6) is 1.04. The monoisotopic (exact) mass is 283 g/mol. The summed E-state index contributed by atoms with van der Waals surface area (Å²) in [6.07, 6.45) is 7.04. The van der Waals surface area contributed by atoms with Crippen molar-refractivity contribution >= 4 is 21.7 Å². The molecule has 4 heteroatoms. The zero-order chi connectivity index (χ0) is 11.4. The normalized spacial score (nSPS) is 16.6. The molecule has 88 valence electrons. The van der Waals surface area contributed by atoms with E-state index in [-0.39, 0.29) is 0 Å². The van der Waals surface area contributed by atoms with Crippen LogP contribution in [0.25, 0.3) is 0 Å². The van der Waals surface area contributed by atoms with Gasteiger partial charge in [0.25, 0.3) is 0 Å². The lowest BCUT2D eigenvalue weighted by Gasteiger charge is -2.30. The number of hydrogen-bond donors (Lipinski definition) is 1. The topological polar surface area (TPSA) is 42.1 Å². The Bertz CT molecular complexity index is 337. The van der Waals surface area contributed by atoms with Crippen LogP contribution in [-0.4, -0.2) is 24.1 Å². The van der Waals surface area contributed by atoms with E-state index in [0.29, 0.717) is 12.6 Å². The van der Waals surface area contributed by atoms with Gasteiger partial charge in [-0.2, -0.15) is 0 Å². The molecule has 1 aliphatic rings. The van der Waals surface area contributed by atoms with Gasteiger partial charge in [-0.05, 0) is 40.9 Å². The molecule has 0 saturated heterocycles. The van der Waals surface area contributed by atoms with Crippen LogP contribution in [0, 0.1) is 0 Å². The summed E-state index contributed by atoms with van der Waals surface area (Å²) in [4.78, 5) is 6.82. The van der Waals surface area contributed by atoms with Gasteiger partial charge in [0, 0.05) is 25.3 Å². The van der Waals surface area contributed by atoms with E-state index in [1.807, 2.05) is 18.3 Å². The molecule has 1 fully saturated rings. The summed E-state index contributed by atoms with van der Waals surface area (Å²) in [5.41, 5.74) is 5.70. The Kier molecular flexibility index (Phi) is 4.18. The highest BCUT2D eigenvalue weighted by molar-refractivity contribution is 9.10. The van der Waals surface area contributed by atoms with Crippen molar-refractivity contribution in [2.24, 2.45) is 5.73 Å². The maximum atomic E-state index is 5.70. The molecular weight excluding hydrogens is 266 g/mol. The van der Waals surface area contributed by atoms with Crippen molar-refractivity contribution in [3.63, 3.8) is 0 Å². The second-order valence-electron chi connectivity index (χ2n) is 4.23. The van der Waals surface area contributed by atoms with E-state index < -0.39 is 0 Å². The minimum atomic E-state index is 0.620. The Morgan fingerprint density at radius 1 is 1.44 bits per heavy atom. The third kappa shape index (κ3) is 2.55. The highest BCUT2D eigenvalue weighted by atomic mass is 79.9. The third-order valence-electron chi connectivity index (χ3n) is 3.15.